The smallest absolute Gasteiger partial charge is 0.0793 e. The Kier molecular flexibility index (Phi) is 3.21. The lowest BCUT2D eigenvalue weighted by molar-refractivity contribution is 0.418. The van der Waals surface area contributed by atoms with E-state index in [4.69, 9.17) is 0 Å². The number of hydrogen-bond acceptors (Lipinski definition) is 3. The molecule has 0 saturated carbocycles. The van der Waals surface area contributed by atoms with Gasteiger partial charge in [-0.05, 0) is 44.9 Å². The second-order valence-corrected chi connectivity index (χ2v) is 4.21. The summed E-state index contributed by atoms with van der Waals surface area (Å²) in [5, 5.41) is 3.37. The zero-order valence-electron chi connectivity index (χ0n) is 9.53. The van der Waals surface area contributed by atoms with Gasteiger partial charge in [0.15, 0.2) is 0 Å². The molecule has 1 aromatic heterocycles. The van der Waals surface area contributed by atoms with Gasteiger partial charge in [-0.1, -0.05) is 0 Å². The minimum Gasteiger partial charge on any atom is -0.355 e. The average molecular weight is 205 g/mol. The van der Waals surface area contributed by atoms with E-state index in [1.165, 1.54) is 30.5 Å². The van der Waals surface area contributed by atoms with Crippen molar-refractivity contribution in [3.05, 3.63) is 24.0 Å². The summed E-state index contributed by atoms with van der Waals surface area (Å²) in [6, 6.07) is 2.21. The Hall–Kier alpha value is -1.09. The summed E-state index contributed by atoms with van der Waals surface area (Å²) >= 11 is 0. The largest absolute Gasteiger partial charge is 0.355 e. The first-order valence-electron chi connectivity index (χ1n) is 5.67. The third-order valence-electron chi connectivity index (χ3n) is 3.03. The van der Waals surface area contributed by atoms with Gasteiger partial charge in [0.25, 0.3) is 0 Å². The molecule has 0 amide bonds. The van der Waals surface area contributed by atoms with Gasteiger partial charge in [0.1, 0.15) is 0 Å². The molecule has 3 nitrogen and oxygen atoms in total. The fourth-order valence-electron chi connectivity index (χ4n) is 2.24. The van der Waals surface area contributed by atoms with Crippen molar-refractivity contribution in [3.8, 4) is 0 Å². The standard InChI is InChI=1S/C12H19N3/c1-10-7-11(9-14-8-10)15-6-4-3-5-12(15)13-2/h7-9,12-13H,3-6H2,1-2H3. The first-order chi connectivity index (χ1) is 7.31. The molecule has 1 atom stereocenters. The van der Waals surface area contributed by atoms with Gasteiger partial charge in [-0.2, -0.15) is 0 Å². The van der Waals surface area contributed by atoms with Crippen LogP contribution in [0.3, 0.4) is 0 Å². The average Bonchev–Trinajstić information content (AvgIpc) is 2.29. The first kappa shape index (κ1) is 10.4. The van der Waals surface area contributed by atoms with Gasteiger partial charge in [-0.15, -0.1) is 0 Å². The normalized spacial score (nSPS) is 21.7. The molecule has 2 heterocycles. The molecule has 0 radical (unpaired) electrons. The number of nitrogens with zero attached hydrogens (tertiary/aromatic N) is 2. The van der Waals surface area contributed by atoms with Crippen LogP contribution >= 0.6 is 0 Å². The van der Waals surface area contributed by atoms with Crippen molar-refractivity contribution in [3.63, 3.8) is 0 Å². The maximum absolute atomic E-state index is 4.26. The van der Waals surface area contributed by atoms with Crippen LogP contribution in [0.2, 0.25) is 0 Å². The maximum Gasteiger partial charge on any atom is 0.0793 e. The Morgan fingerprint density at radius 1 is 1.40 bits per heavy atom. The summed E-state index contributed by atoms with van der Waals surface area (Å²) in [5.41, 5.74) is 2.47. The Balaban J connectivity index is 2.20. The van der Waals surface area contributed by atoms with Gasteiger partial charge in [0, 0.05) is 12.7 Å². The van der Waals surface area contributed by atoms with Crippen molar-refractivity contribution in [2.45, 2.75) is 32.4 Å². The molecule has 0 aromatic carbocycles. The van der Waals surface area contributed by atoms with Gasteiger partial charge in [-0.25, -0.2) is 0 Å². The Morgan fingerprint density at radius 3 is 3.00 bits per heavy atom. The second kappa shape index (κ2) is 4.62. The van der Waals surface area contributed by atoms with Crippen LogP contribution in [0.4, 0.5) is 5.69 Å². The van der Waals surface area contributed by atoms with E-state index in [1.54, 1.807) is 0 Å². The van der Waals surface area contributed by atoms with Crippen LogP contribution in [0.1, 0.15) is 24.8 Å². The highest BCUT2D eigenvalue weighted by atomic mass is 15.3. The summed E-state index contributed by atoms with van der Waals surface area (Å²) in [4.78, 5) is 6.68. The van der Waals surface area contributed by atoms with Crippen LogP contribution in [-0.4, -0.2) is 24.7 Å². The van der Waals surface area contributed by atoms with E-state index in [-0.39, 0.29) is 0 Å². The molecule has 0 bridgehead atoms. The number of aryl methyl sites for hydroxylation is 1. The lowest BCUT2D eigenvalue weighted by atomic mass is 10.1. The van der Waals surface area contributed by atoms with Crippen molar-refractivity contribution < 1.29 is 0 Å². The monoisotopic (exact) mass is 205 g/mol. The maximum atomic E-state index is 4.26. The highest BCUT2D eigenvalue weighted by Gasteiger charge is 2.20. The summed E-state index contributed by atoms with van der Waals surface area (Å²) in [6.45, 7) is 3.23. The lowest BCUT2D eigenvalue weighted by Gasteiger charge is -2.37. The highest BCUT2D eigenvalue weighted by molar-refractivity contribution is 5.47. The van der Waals surface area contributed by atoms with Crippen molar-refractivity contribution in [2.75, 3.05) is 18.5 Å². The fraction of sp³-hybridized carbons (Fsp3) is 0.583. The van der Waals surface area contributed by atoms with E-state index in [0.29, 0.717) is 6.17 Å². The molecule has 1 aliphatic heterocycles. The van der Waals surface area contributed by atoms with Crippen LogP contribution in [0.25, 0.3) is 0 Å². The third-order valence-corrected chi connectivity index (χ3v) is 3.03. The molecule has 1 unspecified atom stereocenters. The molecule has 2 rings (SSSR count). The number of pyridine rings is 1. The molecule has 82 valence electrons. The van der Waals surface area contributed by atoms with E-state index in [0.717, 1.165) is 6.54 Å². The number of aromatic nitrogens is 1. The van der Waals surface area contributed by atoms with E-state index in [2.05, 4.69) is 28.2 Å². The molecular weight excluding hydrogens is 186 g/mol. The quantitative estimate of drug-likeness (QED) is 0.799. The molecule has 0 spiro atoms. The number of anilines is 1. The molecule has 1 saturated heterocycles. The van der Waals surface area contributed by atoms with Crippen molar-refractivity contribution in [2.24, 2.45) is 0 Å². The molecule has 3 heteroatoms. The van der Waals surface area contributed by atoms with E-state index >= 15 is 0 Å². The minimum absolute atomic E-state index is 0.474. The predicted molar refractivity (Wildman–Crippen MR) is 63.0 cm³/mol. The molecular formula is C12H19N3. The van der Waals surface area contributed by atoms with Crippen LogP contribution < -0.4 is 10.2 Å². The number of piperidine rings is 1. The Bertz CT molecular complexity index is 324. The van der Waals surface area contributed by atoms with Gasteiger partial charge in [-0.3, -0.25) is 4.98 Å². The van der Waals surface area contributed by atoms with Crippen molar-refractivity contribution >= 4 is 5.69 Å². The van der Waals surface area contributed by atoms with E-state index in [9.17, 15) is 0 Å². The molecule has 1 aromatic rings. The van der Waals surface area contributed by atoms with Crippen LogP contribution in [0, 0.1) is 6.92 Å². The summed E-state index contributed by atoms with van der Waals surface area (Å²) in [5.74, 6) is 0. The topological polar surface area (TPSA) is 28.2 Å². The molecule has 15 heavy (non-hydrogen) atoms. The van der Waals surface area contributed by atoms with E-state index in [1.807, 2.05) is 19.4 Å². The summed E-state index contributed by atoms with van der Waals surface area (Å²) in [6.07, 6.45) is 8.17. The van der Waals surface area contributed by atoms with Crippen LogP contribution in [0.15, 0.2) is 18.5 Å². The summed E-state index contributed by atoms with van der Waals surface area (Å²) in [7, 11) is 2.03. The summed E-state index contributed by atoms with van der Waals surface area (Å²) < 4.78 is 0. The zero-order chi connectivity index (χ0) is 10.7. The first-order valence-corrected chi connectivity index (χ1v) is 5.67. The van der Waals surface area contributed by atoms with E-state index < -0.39 is 0 Å². The second-order valence-electron chi connectivity index (χ2n) is 4.21. The van der Waals surface area contributed by atoms with Crippen LogP contribution in [-0.2, 0) is 0 Å². The molecule has 1 fully saturated rings. The lowest BCUT2D eigenvalue weighted by Crippen LogP contribution is -2.47. The highest BCUT2D eigenvalue weighted by Crippen LogP contribution is 2.23. The number of hydrogen-bond donors (Lipinski definition) is 1. The third kappa shape index (κ3) is 2.29. The minimum atomic E-state index is 0.474. The van der Waals surface area contributed by atoms with Gasteiger partial charge in [0.05, 0.1) is 18.1 Å². The van der Waals surface area contributed by atoms with Crippen molar-refractivity contribution in [1.29, 1.82) is 0 Å². The zero-order valence-corrected chi connectivity index (χ0v) is 9.53. The Morgan fingerprint density at radius 2 is 2.27 bits per heavy atom. The predicted octanol–water partition coefficient (Wildman–Crippen LogP) is 1.93. The Labute approximate surface area is 91.5 Å². The SMILES string of the molecule is CNC1CCCCN1c1cncc(C)c1. The van der Waals surface area contributed by atoms with Gasteiger partial charge in [0.2, 0.25) is 0 Å². The molecule has 0 aliphatic carbocycles. The molecule has 1 aliphatic rings. The van der Waals surface area contributed by atoms with Gasteiger partial charge < -0.3 is 10.2 Å². The fourth-order valence-corrected chi connectivity index (χ4v) is 2.24. The molecule has 1 N–H and O–H groups in total. The van der Waals surface area contributed by atoms with Gasteiger partial charge >= 0.3 is 0 Å². The van der Waals surface area contributed by atoms with Crippen LogP contribution in [0.5, 0.6) is 0 Å². The van der Waals surface area contributed by atoms with Crippen molar-refractivity contribution in [1.82, 2.24) is 10.3 Å². The number of nitrogens with one attached hydrogen (secondary N) is 1. The number of rotatable bonds is 2.